The summed E-state index contributed by atoms with van der Waals surface area (Å²) in [5.74, 6) is 5.43. The second-order valence-corrected chi connectivity index (χ2v) is 14.0. The molecule has 2 N–H and O–H groups in total. The zero-order chi connectivity index (χ0) is 26.9. The van der Waals surface area contributed by atoms with E-state index in [4.69, 9.17) is 20.7 Å². The van der Waals surface area contributed by atoms with Crippen LogP contribution in [0.5, 0.6) is 0 Å². The van der Waals surface area contributed by atoms with Crippen molar-refractivity contribution in [3.8, 4) is 0 Å². The van der Waals surface area contributed by atoms with E-state index in [9.17, 15) is 8.60 Å². The van der Waals surface area contributed by atoms with Crippen LogP contribution >= 0.6 is 0 Å². The van der Waals surface area contributed by atoms with E-state index in [0.29, 0.717) is 6.54 Å². The molecule has 3 aromatic rings. The van der Waals surface area contributed by atoms with Crippen molar-refractivity contribution in [3.63, 3.8) is 0 Å². The Kier molecular flexibility index (Phi) is 5.61. The number of nitrogens with two attached hydrogens (primary N) is 1. The zero-order valence-electron chi connectivity index (χ0n) is 22.2. The summed E-state index contributed by atoms with van der Waals surface area (Å²) in [4.78, 5) is 20.1. The molecule has 0 radical (unpaired) electrons. The van der Waals surface area contributed by atoms with Crippen molar-refractivity contribution in [2.45, 2.75) is 49.6 Å². The molecule has 7 nitrogen and oxygen atoms in total. The maximum absolute atomic E-state index is 13.9. The Morgan fingerprint density at radius 2 is 2.00 bits per heavy atom. The SMILES string of the molecule is C=S(C)(=O)c1cccc2c1CCCN2C1=NCc2nc(N3CCC4(CC3)Cc3ccc(F)cc3[C@H]4N)cnc21. The summed E-state index contributed by atoms with van der Waals surface area (Å²) in [6.07, 6.45) is 8.19. The second-order valence-electron chi connectivity index (χ2n) is 11.5. The van der Waals surface area contributed by atoms with Crippen molar-refractivity contribution in [2.75, 3.05) is 35.7 Å². The van der Waals surface area contributed by atoms with Gasteiger partial charge in [0.1, 0.15) is 17.3 Å². The topological polar surface area (TPSA) is 87.7 Å². The molecular formula is C30H33FN6OS. The van der Waals surface area contributed by atoms with Crippen LogP contribution in [0.15, 0.2) is 52.5 Å². The molecule has 1 aromatic heterocycles. The standard InChI is InChI=1S/C30H33FN6OS/c1-39(2,38)25-7-3-6-24-21(25)5-4-12-37(24)29-27-23(17-34-29)35-26(18-33-27)36-13-10-30(11-14-36)16-19-8-9-20(31)15-22(19)28(30)32/h3,6-9,15,18,28H,1,4-5,10-14,16-17,32H2,2H3/t28-,39?/m1/s1. The van der Waals surface area contributed by atoms with Gasteiger partial charge in [0.25, 0.3) is 0 Å². The zero-order valence-corrected chi connectivity index (χ0v) is 23.0. The molecule has 1 spiro atoms. The van der Waals surface area contributed by atoms with Crippen LogP contribution in [-0.2, 0) is 28.9 Å². The summed E-state index contributed by atoms with van der Waals surface area (Å²) >= 11 is 0. The molecule has 0 amide bonds. The quantitative estimate of drug-likeness (QED) is 0.493. The Morgan fingerprint density at radius 3 is 2.79 bits per heavy atom. The average molecular weight is 545 g/mol. The van der Waals surface area contributed by atoms with Crippen molar-refractivity contribution >= 4 is 32.7 Å². The van der Waals surface area contributed by atoms with Gasteiger partial charge in [-0.2, -0.15) is 0 Å². The van der Waals surface area contributed by atoms with Crippen LogP contribution in [0.25, 0.3) is 0 Å². The molecule has 0 bridgehead atoms. The van der Waals surface area contributed by atoms with Gasteiger partial charge in [0.2, 0.25) is 0 Å². The van der Waals surface area contributed by atoms with Gasteiger partial charge >= 0.3 is 0 Å². The summed E-state index contributed by atoms with van der Waals surface area (Å²) in [6.45, 7) is 3.02. The monoisotopic (exact) mass is 544 g/mol. The molecule has 1 saturated heterocycles. The molecule has 2 aromatic carbocycles. The predicted octanol–water partition coefficient (Wildman–Crippen LogP) is 3.88. The van der Waals surface area contributed by atoms with Crippen LogP contribution < -0.4 is 15.5 Å². The number of aliphatic imine (C=N–C) groups is 1. The summed E-state index contributed by atoms with van der Waals surface area (Å²) in [7, 11) is -2.32. The van der Waals surface area contributed by atoms with Crippen molar-refractivity contribution in [1.82, 2.24) is 9.97 Å². The number of aromatic nitrogens is 2. The molecule has 4 heterocycles. The third-order valence-electron chi connectivity index (χ3n) is 9.08. The normalized spacial score (nSPS) is 22.7. The maximum atomic E-state index is 13.9. The van der Waals surface area contributed by atoms with Gasteiger partial charge in [-0.05, 0) is 93.9 Å². The lowest BCUT2D eigenvalue weighted by Gasteiger charge is -2.42. The minimum absolute atomic E-state index is 0.0243. The number of fused-ring (bicyclic) bond motifs is 3. The first-order chi connectivity index (χ1) is 18.7. The minimum atomic E-state index is -2.32. The van der Waals surface area contributed by atoms with Gasteiger partial charge in [-0.3, -0.25) is 9.20 Å². The number of benzene rings is 2. The molecule has 0 saturated carbocycles. The molecule has 1 aliphatic carbocycles. The Bertz CT molecular complexity index is 1630. The fourth-order valence-electron chi connectivity index (χ4n) is 7.03. The van der Waals surface area contributed by atoms with Crippen LogP contribution in [0.1, 0.15) is 53.4 Å². The van der Waals surface area contributed by atoms with Gasteiger partial charge < -0.3 is 15.5 Å². The van der Waals surface area contributed by atoms with Gasteiger partial charge in [0.05, 0.1) is 18.4 Å². The Balaban J connectivity index is 1.10. The van der Waals surface area contributed by atoms with Crippen molar-refractivity contribution in [2.24, 2.45) is 16.1 Å². The van der Waals surface area contributed by atoms with Crippen LogP contribution in [0, 0.1) is 11.2 Å². The maximum Gasteiger partial charge on any atom is 0.156 e. The van der Waals surface area contributed by atoms with Gasteiger partial charge in [-0.25, -0.2) is 14.4 Å². The highest BCUT2D eigenvalue weighted by atomic mass is 32.2. The van der Waals surface area contributed by atoms with Crippen LogP contribution in [0.4, 0.5) is 15.9 Å². The Labute approximate surface area is 229 Å². The highest BCUT2D eigenvalue weighted by Crippen LogP contribution is 2.51. The van der Waals surface area contributed by atoms with E-state index < -0.39 is 9.52 Å². The highest BCUT2D eigenvalue weighted by molar-refractivity contribution is 7.99. The van der Waals surface area contributed by atoms with E-state index in [-0.39, 0.29) is 17.3 Å². The van der Waals surface area contributed by atoms with Crippen molar-refractivity contribution in [1.29, 1.82) is 0 Å². The number of anilines is 2. The van der Waals surface area contributed by atoms with E-state index in [1.54, 1.807) is 18.4 Å². The molecule has 39 heavy (non-hydrogen) atoms. The molecule has 1 fully saturated rings. The third-order valence-corrected chi connectivity index (χ3v) is 10.4. The summed E-state index contributed by atoms with van der Waals surface area (Å²) in [6, 6.07) is 10.9. The van der Waals surface area contributed by atoms with E-state index in [2.05, 4.69) is 21.7 Å². The van der Waals surface area contributed by atoms with E-state index in [0.717, 1.165) is 96.5 Å². The first-order valence-electron chi connectivity index (χ1n) is 13.6. The van der Waals surface area contributed by atoms with Crippen molar-refractivity contribution < 1.29 is 8.60 Å². The molecule has 202 valence electrons. The van der Waals surface area contributed by atoms with Gasteiger partial charge in [0, 0.05) is 42.5 Å². The molecule has 1 unspecified atom stereocenters. The smallest absolute Gasteiger partial charge is 0.156 e. The number of hydrogen-bond donors (Lipinski definition) is 1. The van der Waals surface area contributed by atoms with E-state index in [1.807, 2.05) is 24.4 Å². The largest absolute Gasteiger partial charge is 0.355 e. The van der Waals surface area contributed by atoms with E-state index >= 15 is 0 Å². The summed E-state index contributed by atoms with van der Waals surface area (Å²) in [5.41, 5.74) is 12.7. The minimum Gasteiger partial charge on any atom is -0.355 e. The third kappa shape index (κ3) is 3.97. The Morgan fingerprint density at radius 1 is 1.18 bits per heavy atom. The van der Waals surface area contributed by atoms with E-state index in [1.165, 1.54) is 5.56 Å². The fourth-order valence-corrected chi connectivity index (χ4v) is 8.12. The molecule has 7 rings (SSSR count). The molecular weight excluding hydrogens is 511 g/mol. The van der Waals surface area contributed by atoms with Gasteiger partial charge in [-0.15, -0.1) is 0 Å². The Hall–Kier alpha value is -3.30. The summed E-state index contributed by atoms with van der Waals surface area (Å²) < 4.78 is 26.7. The molecule has 2 atom stereocenters. The number of nitrogens with zero attached hydrogens (tertiary/aromatic N) is 5. The van der Waals surface area contributed by atoms with Crippen LogP contribution in [-0.4, -0.2) is 51.8 Å². The van der Waals surface area contributed by atoms with Crippen molar-refractivity contribution in [3.05, 3.63) is 76.5 Å². The predicted molar refractivity (Wildman–Crippen MR) is 155 cm³/mol. The number of piperidine rings is 1. The van der Waals surface area contributed by atoms with Gasteiger partial charge in [0.15, 0.2) is 5.84 Å². The average Bonchev–Trinajstić information content (AvgIpc) is 3.46. The van der Waals surface area contributed by atoms with Gasteiger partial charge in [-0.1, -0.05) is 12.1 Å². The number of hydrogen-bond acceptors (Lipinski definition) is 7. The lowest BCUT2D eigenvalue weighted by molar-refractivity contribution is 0.187. The van der Waals surface area contributed by atoms with Crippen LogP contribution in [0.3, 0.4) is 0 Å². The van der Waals surface area contributed by atoms with Crippen LogP contribution in [0.2, 0.25) is 0 Å². The number of halogens is 1. The number of amidine groups is 1. The summed E-state index contributed by atoms with van der Waals surface area (Å²) in [5, 5.41) is 0. The molecule has 4 aliphatic rings. The first-order valence-corrected chi connectivity index (χ1v) is 15.8. The fraction of sp³-hybridized carbons (Fsp3) is 0.400. The number of rotatable bonds is 2. The molecule has 9 heteroatoms. The highest BCUT2D eigenvalue weighted by Gasteiger charge is 2.46. The molecule has 3 aliphatic heterocycles. The lowest BCUT2D eigenvalue weighted by Crippen LogP contribution is -2.44. The second kappa shape index (κ2) is 8.86. The lowest BCUT2D eigenvalue weighted by atomic mass is 9.73. The first kappa shape index (κ1) is 24.7.